The number of carboxylic acid groups (broad SMARTS) is 1. The van der Waals surface area contributed by atoms with Gasteiger partial charge in [-0.2, -0.15) is 4.98 Å². The Hall–Kier alpha value is -2.31. The second kappa shape index (κ2) is 4.66. The average Bonchev–Trinajstić information content (AvgIpc) is 3.03. The number of aliphatic carboxylic acids is 1. The zero-order valence-corrected chi connectivity index (χ0v) is 10.2. The van der Waals surface area contributed by atoms with E-state index in [9.17, 15) is 13.6 Å². The molecule has 0 radical (unpaired) electrons. The molecule has 1 fully saturated rings. The van der Waals surface area contributed by atoms with Crippen molar-refractivity contribution in [3.8, 4) is 0 Å². The first-order valence-electron chi connectivity index (χ1n) is 6.03. The largest absolute Gasteiger partial charge is 0.481 e. The molecule has 1 heterocycles. The van der Waals surface area contributed by atoms with Crippen LogP contribution in [0.2, 0.25) is 0 Å². The molecule has 5 nitrogen and oxygen atoms in total. The number of carboxylic acids is 1. The van der Waals surface area contributed by atoms with E-state index in [4.69, 9.17) is 9.63 Å². The molecule has 2 unspecified atom stereocenters. The van der Waals surface area contributed by atoms with E-state index >= 15 is 0 Å². The summed E-state index contributed by atoms with van der Waals surface area (Å²) in [7, 11) is 0. The summed E-state index contributed by atoms with van der Waals surface area (Å²) in [5, 5.41) is 12.5. The first kappa shape index (κ1) is 12.7. The predicted molar refractivity (Wildman–Crippen MR) is 61.9 cm³/mol. The van der Waals surface area contributed by atoms with E-state index in [0.29, 0.717) is 12.0 Å². The van der Waals surface area contributed by atoms with Gasteiger partial charge in [0.25, 0.3) is 0 Å². The second-order valence-corrected chi connectivity index (χ2v) is 4.79. The lowest BCUT2D eigenvalue weighted by molar-refractivity contribution is -0.138. The molecule has 20 heavy (non-hydrogen) atoms. The number of hydrogen-bond acceptors (Lipinski definition) is 4. The van der Waals surface area contributed by atoms with Crippen LogP contribution in [0.4, 0.5) is 8.78 Å². The van der Waals surface area contributed by atoms with Crippen molar-refractivity contribution in [2.45, 2.75) is 18.8 Å². The van der Waals surface area contributed by atoms with Gasteiger partial charge in [-0.1, -0.05) is 5.16 Å². The van der Waals surface area contributed by atoms with E-state index < -0.39 is 23.5 Å². The van der Waals surface area contributed by atoms with Gasteiger partial charge >= 0.3 is 5.97 Å². The number of halogens is 2. The van der Waals surface area contributed by atoms with Gasteiger partial charge < -0.3 is 9.63 Å². The Balaban J connectivity index is 1.73. The Morgan fingerprint density at radius 1 is 1.35 bits per heavy atom. The van der Waals surface area contributed by atoms with Crippen LogP contribution in [-0.4, -0.2) is 21.2 Å². The molecule has 1 aliphatic rings. The van der Waals surface area contributed by atoms with Crippen molar-refractivity contribution in [1.82, 2.24) is 10.1 Å². The third-order valence-electron chi connectivity index (χ3n) is 3.19. The molecule has 2 aromatic rings. The average molecular weight is 280 g/mol. The molecule has 104 valence electrons. The Kier molecular flexibility index (Phi) is 2.96. The number of hydrogen-bond donors (Lipinski definition) is 1. The summed E-state index contributed by atoms with van der Waals surface area (Å²) < 4.78 is 31.1. The van der Waals surface area contributed by atoms with Crippen LogP contribution in [0.25, 0.3) is 0 Å². The van der Waals surface area contributed by atoms with Crippen molar-refractivity contribution >= 4 is 5.97 Å². The maximum absolute atomic E-state index is 13.0. The van der Waals surface area contributed by atoms with Crippen LogP contribution in [0.5, 0.6) is 0 Å². The van der Waals surface area contributed by atoms with Gasteiger partial charge in [-0.25, -0.2) is 8.78 Å². The molecule has 2 atom stereocenters. The summed E-state index contributed by atoms with van der Waals surface area (Å²) in [6.07, 6.45) is 0.605. The van der Waals surface area contributed by atoms with Crippen LogP contribution >= 0.6 is 0 Å². The zero-order chi connectivity index (χ0) is 14.3. The summed E-state index contributed by atoms with van der Waals surface area (Å²) >= 11 is 0. The van der Waals surface area contributed by atoms with Crippen molar-refractivity contribution in [2.75, 3.05) is 0 Å². The van der Waals surface area contributed by atoms with E-state index in [0.717, 1.165) is 6.07 Å². The highest BCUT2D eigenvalue weighted by Gasteiger charge is 2.48. The lowest BCUT2D eigenvalue weighted by Crippen LogP contribution is -1.99. The van der Waals surface area contributed by atoms with Gasteiger partial charge in [-0.3, -0.25) is 4.79 Å². The summed E-state index contributed by atoms with van der Waals surface area (Å²) in [4.78, 5) is 14.8. The molecule has 0 aliphatic heterocycles. The van der Waals surface area contributed by atoms with Crippen molar-refractivity contribution in [3.63, 3.8) is 0 Å². The zero-order valence-electron chi connectivity index (χ0n) is 10.2. The normalized spacial score (nSPS) is 20.9. The van der Waals surface area contributed by atoms with E-state index in [2.05, 4.69) is 10.1 Å². The lowest BCUT2D eigenvalue weighted by Gasteiger charge is -1.97. The summed E-state index contributed by atoms with van der Waals surface area (Å²) in [5.74, 6) is -2.41. The molecule has 1 aromatic carbocycles. The van der Waals surface area contributed by atoms with Gasteiger partial charge in [-0.15, -0.1) is 0 Å². The van der Waals surface area contributed by atoms with Gasteiger partial charge in [0.1, 0.15) is 11.6 Å². The van der Waals surface area contributed by atoms with Crippen LogP contribution in [0.3, 0.4) is 0 Å². The summed E-state index contributed by atoms with van der Waals surface area (Å²) in [6.45, 7) is 0. The summed E-state index contributed by atoms with van der Waals surface area (Å²) in [6, 6.07) is 3.17. The lowest BCUT2D eigenvalue weighted by atomic mass is 10.1. The fourth-order valence-corrected chi connectivity index (χ4v) is 2.13. The van der Waals surface area contributed by atoms with Crippen molar-refractivity contribution in [1.29, 1.82) is 0 Å². The van der Waals surface area contributed by atoms with E-state index in [1.54, 1.807) is 0 Å². The predicted octanol–water partition coefficient (Wildman–Crippen LogP) is 2.13. The maximum Gasteiger partial charge on any atom is 0.307 e. The highest BCUT2D eigenvalue weighted by molar-refractivity contribution is 5.74. The van der Waals surface area contributed by atoms with Crippen LogP contribution in [0.1, 0.15) is 29.6 Å². The summed E-state index contributed by atoms with van der Waals surface area (Å²) in [5.41, 5.74) is 0.389. The minimum Gasteiger partial charge on any atom is -0.481 e. The van der Waals surface area contributed by atoms with Gasteiger partial charge in [0.15, 0.2) is 5.82 Å². The van der Waals surface area contributed by atoms with Gasteiger partial charge in [-0.05, 0) is 24.1 Å². The van der Waals surface area contributed by atoms with E-state index in [-0.39, 0.29) is 24.1 Å². The molecule has 1 saturated carbocycles. The fourth-order valence-electron chi connectivity index (χ4n) is 2.13. The van der Waals surface area contributed by atoms with Crippen LogP contribution < -0.4 is 0 Å². The minimum atomic E-state index is -0.887. The van der Waals surface area contributed by atoms with Crippen molar-refractivity contribution < 1.29 is 23.2 Å². The Morgan fingerprint density at radius 2 is 2.05 bits per heavy atom. The van der Waals surface area contributed by atoms with Crippen LogP contribution in [-0.2, 0) is 11.2 Å². The van der Waals surface area contributed by atoms with Gasteiger partial charge in [0.05, 0.1) is 11.8 Å². The molecular formula is C13H10F2N2O3. The van der Waals surface area contributed by atoms with Crippen molar-refractivity contribution in [3.05, 3.63) is 47.1 Å². The van der Waals surface area contributed by atoms with Gasteiger partial charge in [0.2, 0.25) is 5.89 Å². The molecule has 7 heteroatoms. The van der Waals surface area contributed by atoms with Gasteiger partial charge in [0, 0.05) is 12.5 Å². The van der Waals surface area contributed by atoms with E-state index in [1.807, 2.05) is 0 Å². The quantitative estimate of drug-likeness (QED) is 0.928. The third-order valence-corrected chi connectivity index (χ3v) is 3.19. The van der Waals surface area contributed by atoms with E-state index in [1.165, 1.54) is 12.1 Å². The molecule has 1 aromatic heterocycles. The first-order chi connectivity index (χ1) is 9.52. The number of aromatic nitrogens is 2. The number of rotatable bonds is 4. The molecule has 0 amide bonds. The number of carbonyl (C=O) groups is 1. The molecule has 1 N–H and O–H groups in total. The minimum absolute atomic E-state index is 0.128. The number of nitrogens with zero attached hydrogens (tertiary/aromatic N) is 2. The third kappa shape index (κ3) is 2.52. The Bertz CT molecular complexity index is 651. The standard InChI is InChI=1S/C13H10F2N2O3/c14-7-1-6(2-8(15)4-7)3-11-16-12(20-17-11)9-5-10(9)13(18)19/h1-2,4,9-10H,3,5H2,(H,18,19). The fraction of sp³-hybridized carbons (Fsp3) is 0.308. The highest BCUT2D eigenvalue weighted by atomic mass is 19.1. The molecule has 0 bridgehead atoms. The Morgan fingerprint density at radius 3 is 2.65 bits per heavy atom. The smallest absolute Gasteiger partial charge is 0.307 e. The topological polar surface area (TPSA) is 76.2 Å². The van der Waals surface area contributed by atoms with Crippen molar-refractivity contribution in [2.24, 2.45) is 5.92 Å². The second-order valence-electron chi connectivity index (χ2n) is 4.79. The number of benzene rings is 1. The molecular weight excluding hydrogens is 270 g/mol. The Labute approximate surface area is 112 Å². The molecule has 3 rings (SSSR count). The molecule has 0 saturated heterocycles. The maximum atomic E-state index is 13.0. The van der Waals surface area contributed by atoms with Crippen LogP contribution in [0, 0.1) is 17.6 Å². The first-order valence-corrected chi connectivity index (χ1v) is 6.03. The van der Waals surface area contributed by atoms with Crippen LogP contribution in [0.15, 0.2) is 22.7 Å². The SMILES string of the molecule is O=C(O)C1CC1c1nc(Cc2cc(F)cc(F)c2)no1. The molecule has 0 spiro atoms. The monoisotopic (exact) mass is 280 g/mol. The highest BCUT2D eigenvalue weighted by Crippen LogP contribution is 2.46. The molecule has 1 aliphatic carbocycles.